The quantitative estimate of drug-likeness (QED) is 0.605. The molecule has 1 heterocycles. The van der Waals surface area contributed by atoms with Crippen LogP contribution in [0.2, 0.25) is 0 Å². The average Bonchev–Trinajstić information content (AvgIpc) is 2.38. The number of rotatable bonds is 0. The highest BCUT2D eigenvalue weighted by molar-refractivity contribution is 5.65. The second-order valence-electron chi connectivity index (χ2n) is 3.83. The van der Waals surface area contributed by atoms with Crippen LogP contribution in [0.1, 0.15) is 0 Å². The normalized spacial score (nSPS) is 10.7. The molecule has 0 aliphatic rings. The van der Waals surface area contributed by atoms with Crippen molar-refractivity contribution in [3.05, 3.63) is 69.4 Å². The lowest BCUT2D eigenvalue weighted by Crippen LogP contribution is -2.00. The van der Waals surface area contributed by atoms with Crippen LogP contribution in [0.4, 0.5) is 0 Å². The third-order valence-corrected chi connectivity index (χ3v) is 2.56. The van der Waals surface area contributed by atoms with Crippen molar-refractivity contribution in [3.8, 4) is 0 Å². The molecular formula is C14H8O4. The summed E-state index contributed by atoms with van der Waals surface area (Å²) in [6, 6.07) is 12.7. The maximum atomic E-state index is 11.8. The Morgan fingerprint density at radius 1 is 0.667 bits per heavy atom. The van der Waals surface area contributed by atoms with Gasteiger partial charge in [-0.2, -0.15) is 0 Å². The van der Waals surface area contributed by atoms with Gasteiger partial charge in [0.05, 0.1) is 10.8 Å². The fourth-order valence-electron chi connectivity index (χ4n) is 1.71. The summed E-state index contributed by atoms with van der Waals surface area (Å²) in [7, 11) is 0. The van der Waals surface area contributed by atoms with E-state index in [1.807, 2.05) is 0 Å². The molecule has 0 fully saturated rings. The van der Waals surface area contributed by atoms with Gasteiger partial charge in [-0.3, -0.25) is 0 Å². The lowest BCUT2D eigenvalue weighted by atomic mass is 10.2. The van der Waals surface area contributed by atoms with E-state index in [0.717, 1.165) is 0 Å². The summed E-state index contributed by atoms with van der Waals surface area (Å²) in [4.78, 5) is 23.7. The maximum absolute atomic E-state index is 11.8. The van der Waals surface area contributed by atoms with Gasteiger partial charge in [0.1, 0.15) is 11.2 Å². The summed E-state index contributed by atoms with van der Waals surface area (Å²) in [5, 5.41) is 0.633. The van der Waals surface area contributed by atoms with Crippen molar-refractivity contribution < 1.29 is 8.83 Å². The monoisotopic (exact) mass is 240 g/mol. The lowest BCUT2D eigenvalue weighted by Gasteiger charge is -1.92. The molecule has 0 saturated carbocycles. The third kappa shape index (κ3) is 1.84. The molecule has 0 radical (unpaired) electrons. The summed E-state index contributed by atoms with van der Waals surface area (Å²) >= 11 is 0. The molecule has 4 heteroatoms. The molecule has 1 aromatic heterocycles. The van der Waals surface area contributed by atoms with E-state index in [0.29, 0.717) is 21.9 Å². The van der Waals surface area contributed by atoms with E-state index in [9.17, 15) is 9.59 Å². The minimum absolute atomic E-state index is 0.316. The highest BCUT2D eigenvalue weighted by atomic mass is 16.4. The van der Waals surface area contributed by atoms with Crippen molar-refractivity contribution in [1.82, 2.24) is 0 Å². The van der Waals surface area contributed by atoms with Crippen molar-refractivity contribution in [2.45, 2.75) is 0 Å². The molecule has 4 nitrogen and oxygen atoms in total. The molecule has 0 saturated heterocycles. The topological polar surface area (TPSA) is 60.4 Å². The molecule has 18 heavy (non-hydrogen) atoms. The minimum Gasteiger partial charge on any atom is -0.423 e. The first-order valence-electron chi connectivity index (χ1n) is 5.37. The Morgan fingerprint density at radius 2 is 1.17 bits per heavy atom. The fourth-order valence-corrected chi connectivity index (χ4v) is 1.71. The fraction of sp³-hybridized carbons (Fsp3) is 0. The number of hydrogen-bond acceptors (Lipinski definition) is 4. The van der Waals surface area contributed by atoms with Gasteiger partial charge < -0.3 is 8.83 Å². The zero-order valence-corrected chi connectivity index (χ0v) is 9.25. The summed E-state index contributed by atoms with van der Waals surface area (Å²) in [6.45, 7) is 0. The number of fused-ring (bicyclic) bond motifs is 4. The van der Waals surface area contributed by atoms with E-state index >= 15 is 0 Å². The Kier molecular flexibility index (Phi) is 2.34. The van der Waals surface area contributed by atoms with Gasteiger partial charge in [0.2, 0.25) is 0 Å². The maximum Gasteiger partial charge on any atom is 0.343 e. The molecule has 0 spiro atoms. The zero-order chi connectivity index (χ0) is 12.5. The lowest BCUT2D eigenvalue weighted by molar-refractivity contribution is 0.553. The smallest absolute Gasteiger partial charge is 0.343 e. The van der Waals surface area contributed by atoms with E-state index in [1.165, 1.54) is 12.1 Å². The van der Waals surface area contributed by atoms with Gasteiger partial charge >= 0.3 is 11.3 Å². The molecule has 0 unspecified atom stereocenters. The van der Waals surface area contributed by atoms with Crippen molar-refractivity contribution >= 4 is 21.9 Å². The van der Waals surface area contributed by atoms with Gasteiger partial charge in [0, 0.05) is 6.07 Å². The van der Waals surface area contributed by atoms with Crippen LogP contribution in [0.3, 0.4) is 0 Å². The van der Waals surface area contributed by atoms with Gasteiger partial charge in [-0.05, 0) is 30.3 Å². The molecule has 4 bridgehead atoms. The molecule has 3 rings (SSSR count). The van der Waals surface area contributed by atoms with E-state index in [-0.39, 0.29) is 0 Å². The highest BCUT2D eigenvalue weighted by Gasteiger charge is 1.98. The summed E-state index contributed by atoms with van der Waals surface area (Å²) in [5.74, 6) is 0. The van der Waals surface area contributed by atoms with Crippen molar-refractivity contribution in [2.75, 3.05) is 0 Å². The minimum atomic E-state index is -0.497. The second kappa shape index (κ2) is 4.00. The van der Waals surface area contributed by atoms with Gasteiger partial charge in [-0.25, -0.2) is 9.59 Å². The van der Waals surface area contributed by atoms with Crippen LogP contribution in [-0.2, 0) is 0 Å². The van der Waals surface area contributed by atoms with E-state index < -0.39 is 11.3 Å². The van der Waals surface area contributed by atoms with Crippen LogP contribution >= 0.6 is 0 Å². The Labute approximate surface area is 101 Å². The van der Waals surface area contributed by atoms with Crippen LogP contribution in [-0.4, -0.2) is 0 Å². The molecule has 0 aliphatic heterocycles. The SMILES string of the molecule is O=c1oc2cccc(c2)oc(=O)c2cccc1c2. The Balaban J connectivity index is 2.65. The van der Waals surface area contributed by atoms with Crippen LogP contribution in [0.25, 0.3) is 21.9 Å². The molecule has 88 valence electrons. The van der Waals surface area contributed by atoms with Crippen molar-refractivity contribution in [2.24, 2.45) is 0 Å². The summed E-state index contributed by atoms with van der Waals surface area (Å²) in [6.07, 6.45) is 0. The molecular weight excluding hydrogens is 232 g/mol. The van der Waals surface area contributed by atoms with Crippen LogP contribution in [0.15, 0.2) is 67.0 Å². The second-order valence-corrected chi connectivity index (χ2v) is 3.83. The van der Waals surface area contributed by atoms with Gasteiger partial charge in [-0.15, -0.1) is 0 Å². The average molecular weight is 240 g/mol. The Hall–Kier alpha value is -2.62. The van der Waals surface area contributed by atoms with Gasteiger partial charge in [0.15, 0.2) is 0 Å². The first kappa shape index (κ1) is 10.5. The third-order valence-electron chi connectivity index (χ3n) is 2.56. The predicted octanol–water partition coefficient (Wildman–Crippen LogP) is 2.46. The molecule has 0 atom stereocenters. The predicted molar refractivity (Wildman–Crippen MR) is 67.3 cm³/mol. The molecule has 2 aromatic carbocycles. The number of hydrogen-bond donors (Lipinski definition) is 0. The highest BCUT2D eigenvalue weighted by Crippen LogP contribution is 2.06. The van der Waals surface area contributed by atoms with E-state index in [1.54, 1.807) is 36.4 Å². The summed E-state index contributed by atoms with van der Waals surface area (Å²) in [5.41, 5.74) is -0.303. The molecule has 0 aliphatic carbocycles. The standard InChI is InChI=1S/C14H8O4/c15-13-9-3-1-4-10(7-9)14(16)18-12-6-2-5-11(8-12)17-13/h1-8H. The summed E-state index contributed by atoms with van der Waals surface area (Å²) < 4.78 is 10.4. The Bertz CT molecular complexity index is 806. The van der Waals surface area contributed by atoms with Crippen LogP contribution in [0.5, 0.6) is 0 Å². The van der Waals surface area contributed by atoms with Crippen LogP contribution in [0, 0.1) is 0 Å². The zero-order valence-electron chi connectivity index (χ0n) is 9.25. The number of benzene rings is 2. The van der Waals surface area contributed by atoms with E-state index in [4.69, 9.17) is 8.83 Å². The van der Waals surface area contributed by atoms with Gasteiger partial charge in [-0.1, -0.05) is 12.1 Å². The molecule has 0 amide bonds. The van der Waals surface area contributed by atoms with Gasteiger partial charge in [0.25, 0.3) is 0 Å². The molecule has 3 aromatic rings. The first-order chi connectivity index (χ1) is 8.72. The largest absolute Gasteiger partial charge is 0.423 e. The van der Waals surface area contributed by atoms with Crippen molar-refractivity contribution in [1.29, 1.82) is 0 Å². The van der Waals surface area contributed by atoms with Crippen molar-refractivity contribution in [3.63, 3.8) is 0 Å². The van der Waals surface area contributed by atoms with Crippen LogP contribution < -0.4 is 11.3 Å². The first-order valence-corrected chi connectivity index (χ1v) is 5.37. The Morgan fingerprint density at radius 3 is 1.72 bits per heavy atom. The molecule has 0 N–H and O–H groups in total. The van der Waals surface area contributed by atoms with E-state index in [2.05, 4.69) is 0 Å².